The molecule has 114 valence electrons. The van der Waals surface area contributed by atoms with Gasteiger partial charge in [-0.1, -0.05) is 53.7 Å². The Kier molecular flexibility index (Phi) is 4.39. The molecule has 2 aromatic rings. The Morgan fingerprint density at radius 1 is 1.14 bits per heavy atom. The summed E-state index contributed by atoms with van der Waals surface area (Å²) in [4.78, 5) is 0. The van der Waals surface area contributed by atoms with Crippen LogP contribution in [-0.4, -0.2) is 17.6 Å². The van der Waals surface area contributed by atoms with Gasteiger partial charge in [0.05, 0.1) is 6.61 Å². The molecular weight excluding hydrogens is 276 g/mol. The molecule has 0 amide bonds. The normalized spacial score (nSPS) is 15.0. The molecule has 0 unspecified atom stereocenters. The predicted molar refractivity (Wildman–Crippen MR) is 86.8 cm³/mol. The van der Waals surface area contributed by atoms with Gasteiger partial charge in [0.2, 0.25) is 0 Å². The molecule has 0 bridgehead atoms. The largest absolute Gasteiger partial charge is 0.409 e. The van der Waals surface area contributed by atoms with Crippen LogP contribution in [-0.2, 0) is 11.3 Å². The van der Waals surface area contributed by atoms with Gasteiger partial charge >= 0.3 is 0 Å². The van der Waals surface area contributed by atoms with Crippen molar-refractivity contribution in [3.05, 3.63) is 59.7 Å². The molecule has 3 N–H and O–H groups in total. The van der Waals surface area contributed by atoms with Crippen molar-refractivity contribution in [2.75, 3.05) is 6.61 Å². The van der Waals surface area contributed by atoms with Crippen molar-refractivity contribution in [2.24, 2.45) is 16.8 Å². The van der Waals surface area contributed by atoms with E-state index in [4.69, 9.17) is 15.7 Å². The van der Waals surface area contributed by atoms with E-state index in [0.717, 1.165) is 34.8 Å². The summed E-state index contributed by atoms with van der Waals surface area (Å²) in [6.07, 6.45) is 2.62. The molecule has 1 saturated carbocycles. The van der Waals surface area contributed by atoms with Gasteiger partial charge < -0.3 is 15.7 Å². The van der Waals surface area contributed by atoms with Gasteiger partial charge in [0.1, 0.15) is 0 Å². The highest BCUT2D eigenvalue weighted by molar-refractivity contribution is 6.03. The molecule has 0 aromatic heterocycles. The molecule has 0 heterocycles. The monoisotopic (exact) mass is 296 g/mol. The van der Waals surface area contributed by atoms with Crippen molar-refractivity contribution in [1.82, 2.24) is 0 Å². The number of nitrogens with zero attached hydrogens (tertiary/aromatic N) is 1. The van der Waals surface area contributed by atoms with Crippen molar-refractivity contribution in [3.8, 4) is 11.1 Å². The van der Waals surface area contributed by atoms with E-state index in [1.165, 1.54) is 12.8 Å². The summed E-state index contributed by atoms with van der Waals surface area (Å²) >= 11 is 0. The Morgan fingerprint density at radius 2 is 1.86 bits per heavy atom. The number of nitrogens with two attached hydrogens (primary N) is 1. The lowest BCUT2D eigenvalue weighted by Crippen LogP contribution is -2.14. The summed E-state index contributed by atoms with van der Waals surface area (Å²) in [5.74, 6) is 0.902. The van der Waals surface area contributed by atoms with Crippen LogP contribution < -0.4 is 5.73 Å². The molecule has 0 saturated heterocycles. The van der Waals surface area contributed by atoms with Crippen LogP contribution in [0.5, 0.6) is 0 Å². The van der Waals surface area contributed by atoms with Gasteiger partial charge in [-0.25, -0.2) is 0 Å². The highest BCUT2D eigenvalue weighted by Gasteiger charge is 2.20. The SMILES string of the molecule is N/C(=N\O)c1ccccc1-c1ccc(COCC2CC2)cc1. The van der Waals surface area contributed by atoms with Crippen molar-refractivity contribution in [3.63, 3.8) is 0 Å². The molecule has 1 fully saturated rings. The lowest BCUT2D eigenvalue weighted by atomic mass is 9.98. The fourth-order valence-corrected chi connectivity index (χ4v) is 2.42. The molecule has 1 aliphatic rings. The molecule has 1 aliphatic carbocycles. The first-order chi connectivity index (χ1) is 10.8. The highest BCUT2D eigenvalue weighted by Crippen LogP contribution is 2.29. The summed E-state index contributed by atoms with van der Waals surface area (Å²) < 4.78 is 5.70. The second kappa shape index (κ2) is 6.62. The predicted octanol–water partition coefficient (Wildman–Crippen LogP) is 3.37. The molecule has 3 rings (SSSR count). The van der Waals surface area contributed by atoms with Crippen LogP contribution >= 0.6 is 0 Å². The zero-order valence-electron chi connectivity index (χ0n) is 12.4. The zero-order chi connectivity index (χ0) is 15.4. The Balaban J connectivity index is 1.74. The first-order valence-corrected chi connectivity index (χ1v) is 7.52. The maximum atomic E-state index is 8.90. The third kappa shape index (κ3) is 3.46. The lowest BCUT2D eigenvalue weighted by Gasteiger charge is -2.09. The summed E-state index contributed by atoms with van der Waals surface area (Å²) in [7, 11) is 0. The maximum absolute atomic E-state index is 8.90. The van der Waals surface area contributed by atoms with Crippen LogP contribution in [0.2, 0.25) is 0 Å². The second-order valence-corrected chi connectivity index (χ2v) is 5.69. The van der Waals surface area contributed by atoms with Crippen LogP contribution in [0.1, 0.15) is 24.0 Å². The standard InChI is InChI=1S/C18H20N2O2/c19-18(20-21)17-4-2-1-3-16(17)15-9-7-14(8-10-15)12-22-11-13-5-6-13/h1-4,7-10,13,21H,5-6,11-12H2,(H2,19,20). The van der Waals surface area contributed by atoms with Crippen molar-refractivity contribution >= 4 is 5.84 Å². The van der Waals surface area contributed by atoms with Crippen molar-refractivity contribution in [1.29, 1.82) is 0 Å². The van der Waals surface area contributed by atoms with E-state index in [0.29, 0.717) is 6.61 Å². The molecule has 2 aromatic carbocycles. The van der Waals surface area contributed by atoms with Crippen LogP contribution in [0.3, 0.4) is 0 Å². The van der Waals surface area contributed by atoms with E-state index in [-0.39, 0.29) is 5.84 Å². The van der Waals surface area contributed by atoms with Crippen LogP contribution in [0.25, 0.3) is 11.1 Å². The van der Waals surface area contributed by atoms with Crippen LogP contribution in [0, 0.1) is 5.92 Å². The number of benzene rings is 2. The van der Waals surface area contributed by atoms with E-state index < -0.39 is 0 Å². The number of oxime groups is 1. The molecule has 4 heteroatoms. The third-order valence-corrected chi connectivity index (χ3v) is 3.89. The van der Waals surface area contributed by atoms with E-state index >= 15 is 0 Å². The fourth-order valence-electron chi connectivity index (χ4n) is 2.42. The van der Waals surface area contributed by atoms with Crippen molar-refractivity contribution < 1.29 is 9.94 Å². The van der Waals surface area contributed by atoms with Gasteiger partial charge in [0.25, 0.3) is 0 Å². The Hall–Kier alpha value is -2.33. The number of ether oxygens (including phenoxy) is 1. The number of hydrogen-bond acceptors (Lipinski definition) is 3. The van der Waals surface area contributed by atoms with Gasteiger partial charge in [0.15, 0.2) is 5.84 Å². The average molecular weight is 296 g/mol. The van der Waals surface area contributed by atoms with Crippen LogP contribution in [0.15, 0.2) is 53.7 Å². The maximum Gasteiger partial charge on any atom is 0.170 e. The first-order valence-electron chi connectivity index (χ1n) is 7.52. The van der Waals surface area contributed by atoms with Gasteiger partial charge in [-0.05, 0) is 35.4 Å². The van der Waals surface area contributed by atoms with E-state index in [1.54, 1.807) is 0 Å². The van der Waals surface area contributed by atoms with Crippen LogP contribution in [0.4, 0.5) is 0 Å². The minimum Gasteiger partial charge on any atom is -0.409 e. The fraction of sp³-hybridized carbons (Fsp3) is 0.278. The zero-order valence-corrected chi connectivity index (χ0v) is 12.4. The van der Waals surface area contributed by atoms with Gasteiger partial charge in [-0.2, -0.15) is 0 Å². The van der Waals surface area contributed by atoms with Gasteiger partial charge in [-0.15, -0.1) is 0 Å². The molecule has 4 nitrogen and oxygen atoms in total. The van der Waals surface area contributed by atoms with Gasteiger partial charge in [0, 0.05) is 12.2 Å². The Morgan fingerprint density at radius 3 is 2.55 bits per heavy atom. The first kappa shape index (κ1) is 14.6. The molecule has 0 aliphatic heterocycles. The van der Waals surface area contributed by atoms with E-state index in [1.807, 2.05) is 36.4 Å². The summed E-state index contributed by atoms with van der Waals surface area (Å²) in [5, 5.41) is 12.0. The molecular formula is C18H20N2O2. The van der Waals surface area contributed by atoms with Gasteiger partial charge in [-0.3, -0.25) is 0 Å². The van der Waals surface area contributed by atoms with Crippen molar-refractivity contribution in [2.45, 2.75) is 19.4 Å². The molecule has 0 radical (unpaired) electrons. The average Bonchev–Trinajstić information content (AvgIpc) is 3.39. The minimum atomic E-state index is 0.118. The highest BCUT2D eigenvalue weighted by atomic mass is 16.5. The summed E-state index contributed by atoms with van der Waals surface area (Å²) in [6.45, 7) is 1.52. The number of hydrogen-bond donors (Lipinski definition) is 2. The quantitative estimate of drug-likeness (QED) is 0.372. The lowest BCUT2D eigenvalue weighted by molar-refractivity contribution is 0.111. The number of rotatable bonds is 6. The summed E-state index contributed by atoms with van der Waals surface area (Å²) in [6, 6.07) is 15.8. The van der Waals surface area contributed by atoms with E-state index in [9.17, 15) is 0 Å². The molecule has 22 heavy (non-hydrogen) atoms. The van der Waals surface area contributed by atoms with E-state index in [2.05, 4.69) is 17.3 Å². The smallest absolute Gasteiger partial charge is 0.170 e. The Labute approximate surface area is 130 Å². The molecule has 0 spiro atoms. The topological polar surface area (TPSA) is 67.8 Å². The minimum absolute atomic E-state index is 0.118. The molecule has 0 atom stereocenters. The third-order valence-electron chi connectivity index (χ3n) is 3.89. The summed E-state index contributed by atoms with van der Waals surface area (Å²) in [5.41, 5.74) is 9.61. The second-order valence-electron chi connectivity index (χ2n) is 5.69. The number of amidine groups is 1. The Bertz CT molecular complexity index is 661.